The van der Waals surface area contributed by atoms with Crippen LogP contribution in [0.4, 0.5) is 0 Å². The van der Waals surface area contributed by atoms with Crippen LogP contribution in [0.2, 0.25) is 0 Å². The monoisotopic (exact) mass is 270 g/mol. The van der Waals surface area contributed by atoms with Gasteiger partial charge in [-0.2, -0.15) is 0 Å². The van der Waals surface area contributed by atoms with Crippen LogP contribution in [-0.2, 0) is 4.74 Å². The number of ether oxygens (including phenoxy) is 1. The second-order valence-electron chi connectivity index (χ2n) is 6.10. The van der Waals surface area contributed by atoms with Crippen molar-refractivity contribution < 1.29 is 4.74 Å². The minimum absolute atomic E-state index is 0.653. The number of nitrogens with one attached hydrogen (secondary N) is 1. The zero-order valence-electron chi connectivity index (χ0n) is 13.5. The van der Waals surface area contributed by atoms with E-state index >= 15 is 0 Å². The molecule has 2 unspecified atom stereocenters. The first-order valence-corrected chi connectivity index (χ1v) is 8.15. The van der Waals surface area contributed by atoms with E-state index in [2.05, 4.69) is 31.0 Å². The molecular weight excluding hydrogens is 236 g/mol. The quantitative estimate of drug-likeness (QED) is 0.590. The van der Waals surface area contributed by atoms with Crippen LogP contribution in [0.15, 0.2) is 0 Å². The van der Waals surface area contributed by atoms with Gasteiger partial charge in [0.1, 0.15) is 0 Å². The van der Waals surface area contributed by atoms with Crippen LogP contribution in [0.25, 0.3) is 0 Å². The summed E-state index contributed by atoms with van der Waals surface area (Å²) in [7, 11) is 1.80. The first-order valence-electron chi connectivity index (χ1n) is 8.15. The van der Waals surface area contributed by atoms with Crippen molar-refractivity contribution in [2.45, 2.75) is 65.0 Å². The van der Waals surface area contributed by atoms with Gasteiger partial charge in [-0.25, -0.2) is 0 Å². The van der Waals surface area contributed by atoms with Crippen LogP contribution in [0.1, 0.15) is 52.9 Å². The Balaban J connectivity index is 2.19. The number of rotatable bonds is 12. The van der Waals surface area contributed by atoms with Crippen molar-refractivity contribution in [3.05, 3.63) is 0 Å². The Bertz CT molecular complexity index is 219. The fourth-order valence-electron chi connectivity index (χ4n) is 2.70. The fraction of sp³-hybridized carbons (Fsp3) is 1.00. The van der Waals surface area contributed by atoms with Crippen molar-refractivity contribution >= 4 is 0 Å². The molecule has 0 bridgehead atoms. The molecule has 19 heavy (non-hydrogen) atoms. The van der Waals surface area contributed by atoms with Gasteiger partial charge in [-0.05, 0) is 65.0 Å². The Morgan fingerprint density at radius 3 is 2.58 bits per heavy atom. The van der Waals surface area contributed by atoms with E-state index in [9.17, 15) is 0 Å². The molecule has 1 fully saturated rings. The molecule has 0 radical (unpaired) electrons. The number of methoxy groups -OCH3 is 1. The first kappa shape index (κ1) is 16.9. The summed E-state index contributed by atoms with van der Waals surface area (Å²) < 4.78 is 5.25. The molecule has 2 atom stereocenters. The van der Waals surface area contributed by atoms with Crippen LogP contribution in [0.3, 0.4) is 0 Å². The Labute approximate surface area is 120 Å². The van der Waals surface area contributed by atoms with Gasteiger partial charge in [0.2, 0.25) is 0 Å². The van der Waals surface area contributed by atoms with Gasteiger partial charge in [0.15, 0.2) is 0 Å². The number of hydrogen-bond donors (Lipinski definition) is 1. The molecule has 0 aliphatic heterocycles. The summed E-state index contributed by atoms with van der Waals surface area (Å²) in [6.45, 7) is 11.2. The van der Waals surface area contributed by atoms with E-state index in [4.69, 9.17) is 4.74 Å². The van der Waals surface area contributed by atoms with Crippen molar-refractivity contribution in [2.24, 2.45) is 5.92 Å². The molecule has 1 N–H and O–H groups in total. The van der Waals surface area contributed by atoms with Crippen LogP contribution in [-0.4, -0.2) is 50.3 Å². The second-order valence-corrected chi connectivity index (χ2v) is 6.10. The van der Waals surface area contributed by atoms with E-state index in [1.807, 2.05) is 0 Å². The summed E-state index contributed by atoms with van der Waals surface area (Å²) in [4.78, 5) is 2.63. The highest BCUT2D eigenvalue weighted by Gasteiger charge is 2.31. The Hall–Kier alpha value is -0.120. The van der Waals surface area contributed by atoms with Crippen molar-refractivity contribution in [1.82, 2.24) is 10.2 Å². The molecule has 0 aromatic rings. The Morgan fingerprint density at radius 1 is 1.26 bits per heavy atom. The molecule has 0 spiro atoms. The third-order valence-electron chi connectivity index (χ3n) is 4.29. The summed E-state index contributed by atoms with van der Waals surface area (Å²) in [5.41, 5.74) is 0. The van der Waals surface area contributed by atoms with Crippen LogP contribution in [0.5, 0.6) is 0 Å². The van der Waals surface area contributed by atoms with Crippen molar-refractivity contribution in [3.63, 3.8) is 0 Å². The maximum Gasteiger partial charge on any atom is 0.0589 e. The van der Waals surface area contributed by atoms with Crippen LogP contribution >= 0.6 is 0 Å². The minimum atomic E-state index is 0.653. The average Bonchev–Trinajstić information content (AvgIpc) is 3.23. The summed E-state index contributed by atoms with van der Waals surface area (Å²) in [6.07, 6.45) is 6.65. The average molecular weight is 270 g/mol. The molecule has 1 aliphatic carbocycles. The minimum Gasteiger partial charge on any atom is -0.383 e. The zero-order chi connectivity index (χ0) is 14.1. The van der Waals surface area contributed by atoms with Gasteiger partial charge in [-0.1, -0.05) is 6.92 Å². The molecule has 3 nitrogen and oxygen atoms in total. The fourth-order valence-corrected chi connectivity index (χ4v) is 2.70. The third-order valence-corrected chi connectivity index (χ3v) is 4.29. The predicted molar refractivity (Wildman–Crippen MR) is 82.6 cm³/mol. The predicted octanol–water partition coefficient (Wildman–Crippen LogP) is 2.90. The lowest BCUT2D eigenvalue weighted by molar-refractivity contribution is 0.115. The number of hydrogen-bond acceptors (Lipinski definition) is 3. The highest BCUT2D eigenvalue weighted by molar-refractivity contribution is 4.85. The van der Waals surface area contributed by atoms with Gasteiger partial charge in [0.25, 0.3) is 0 Å². The topological polar surface area (TPSA) is 24.5 Å². The molecule has 1 aliphatic rings. The summed E-state index contributed by atoms with van der Waals surface area (Å²) in [6, 6.07) is 1.40. The first-order chi connectivity index (χ1) is 9.19. The third kappa shape index (κ3) is 7.28. The molecule has 0 heterocycles. The van der Waals surface area contributed by atoms with E-state index in [0.29, 0.717) is 6.04 Å². The van der Waals surface area contributed by atoms with E-state index in [1.54, 1.807) is 7.11 Å². The van der Waals surface area contributed by atoms with E-state index in [1.165, 1.54) is 38.6 Å². The van der Waals surface area contributed by atoms with E-state index in [-0.39, 0.29) is 0 Å². The molecule has 0 aromatic carbocycles. The van der Waals surface area contributed by atoms with Gasteiger partial charge < -0.3 is 10.1 Å². The largest absolute Gasteiger partial charge is 0.383 e. The SMILES string of the molecule is CCCNC(C)CCCN(CCOC)C(C)C1CC1. The highest BCUT2D eigenvalue weighted by Crippen LogP contribution is 2.35. The molecule has 0 amide bonds. The van der Waals surface area contributed by atoms with Crippen molar-refractivity contribution in [3.8, 4) is 0 Å². The van der Waals surface area contributed by atoms with Gasteiger partial charge in [0.05, 0.1) is 6.61 Å². The molecule has 114 valence electrons. The lowest BCUT2D eigenvalue weighted by Crippen LogP contribution is -2.38. The standard InChI is InChI=1S/C16H34N2O/c1-5-10-17-14(2)7-6-11-18(12-13-19-4)15(3)16-8-9-16/h14-17H,5-13H2,1-4H3. The van der Waals surface area contributed by atoms with Crippen molar-refractivity contribution in [1.29, 1.82) is 0 Å². The lowest BCUT2D eigenvalue weighted by Gasteiger charge is -2.29. The normalized spacial score (nSPS) is 18.8. The smallest absolute Gasteiger partial charge is 0.0589 e. The van der Waals surface area contributed by atoms with Crippen LogP contribution in [0, 0.1) is 5.92 Å². The van der Waals surface area contributed by atoms with Gasteiger partial charge in [0, 0.05) is 25.7 Å². The molecule has 3 heteroatoms. The van der Waals surface area contributed by atoms with E-state index < -0.39 is 0 Å². The summed E-state index contributed by atoms with van der Waals surface area (Å²) in [5, 5.41) is 3.57. The van der Waals surface area contributed by atoms with Crippen LogP contribution < -0.4 is 5.32 Å². The lowest BCUT2D eigenvalue weighted by atomic mass is 10.1. The molecule has 1 saturated carbocycles. The highest BCUT2D eigenvalue weighted by atomic mass is 16.5. The maximum absolute atomic E-state index is 5.25. The summed E-state index contributed by atoms with van der Waals surface area (Å²) >= 11 is 0. The molecular formula is C16H34N2O. The molecule has 0 aromatic heterocycles. The second kappa shape index (κ2) is 9.73. The zero-order valence-corrected chi connectivity index (χ0v) is 13.5. The Morgan fingerprint density at radius 2 is 2.00 bits per heavy atom. The molecule has 1 rings (SSSR count). The summed E-state index contributed by atoms with van der Waals surface area (Å²) in [5.74, 6) is 0.951. The van der Waals surface area contributed by atoms with Gasteiger partial charge in [-0.15, -0.1) is 0 Å². The molecule has 0 saturated heterocycles. The van der Waals surface area contributed by atoms with Gasteiger partial charge >= 0.3 is 0 Å². The number of nitrogens with zero attached hydrogens (tertiary/aromatic N) is 1. The van der Waals surface area contributed by atoms with E-state index in [0.717, 1.165) is 31.7 Å². The maximum atomic E-state index is 5.25. The Kier molecular flexibility index (Phi) is 8.67. The van der Waals surface area contributed by atoms with Gasteiger partial charge in [-0.3, -0.25) is 4.90 Å². The van der Waals surface area contributed by atoms with Crippen molar-refractivity contribution in [2.75, 3.05) is 33.4 Å².